The Morgan fingerprint density at radius 3 is 2.48 bits per heavy atom. The molecule has 0 bridgehead atoms. The zero-order valence-electron chi connectivity index (χ0n) is 15.5. The van der Waals surface area contributed by atoms with Crippen LogP contribution in [0.4, 0.5) is 18.9 Å². The number of carbonyl (C=O) groups excluding carboxylic acids is 2. The Kier molecular flexibility index (Phi) is 7.41. The normalized spacial score (nSPS) is 14.1. The molecule has 5 nitrogen and oxygen atoms in total. The summed E-state index contributed by atoms with van der Waals surface area (Å²) in [6.45, 7) is 2.26. The number of halogens is 3. The van der Waals surface area contributed by atoms with Crippen molar-refractivity contribution in [2.75, 3.05) is 32.0 Å². The predicted octanol–water partition coefficient (Wildman–Crippen LogP) is 3.28. The van der Waals surface area contributed by atoms with Crippen LogP contribution in [0.15, 0.2) is 23.9 Å². The molecule has 2 amide bonds. The van der Waals surface area contributed by atoms with E-state index in [0.29, 0.717) is 6.54 Å². The molecule has 0 radical (unpaired) electrons. The fourth-order valence-electron chi connectivity index (χ4n) is 3.04. The Balaban J connectivity index is 1.91. The maximum Gasteiger partial charge on any atom is 0.240 e. The number of carbonyl (C=O) groups is 2. The number of rotatable bonds is 7. The minimum Gasteiger partial charge on any atom is -0.322 e. The maximum absolute atomic E-state index is 13.6. The van der Waals surface area contributed by atoms with Crippen molar-refractivity contribution in [2.45, 2.75) is 32.6 Å². The van der Waals surface area contributed by atoms with Gasteiger partial charge < -0.3 is 10.2 Å². The molecule has 0 fully saturated rings. The van der Waals surface area contributed by atoms with E-state index >= 15 is 0 Å². The molecule has 148 valence electrons. The van der Waals surface area contributed by atoms with Crippen LogP contribution in [0.1, 0.15) is 32.6 Å². The Hall–Kier alpha value is -2.35. The summed E-state index contributed by atoms with van der Waals surface area (Å²) >= 11 is 0. The Bertz CT molecular complexity index is 737. The lowest BCUT2D eigenvalue weighted by Crippen LogP contribution is -2.41. The second-order valence-electron chi connectivity index (χ2n) is 6.52. The quantitative estimate of drug-likeness (QED) is 0.736. The van der Waals surface area contributed by atoms with Crippen LogP contribution in [0.3, 0.4) is 0 Å². The molecule has 1 N–H and O–H groups in total. The molecule has 0 unspecified atom stereocenters. The maximum atomic E-state index is 13.6. The molecule has 1 aromatic rings. The van der Waals surface area contributed by atoms with Gasteiger partial charge in [0.2, 0.25) is 11.8 Å². The van der Waals surface area contributed by atoms with E-state index in [1.807, 2.05) is 6.92 Å². The summed E-state index contributed by atoms with van der Waals surface area (Å²) in [4.78, 5) is 27.7. The Labute approximate surface area is 156 Å². The second kappa shape index (κ2) is 9.55. The average molecular weight is 383 g/mol. The van der Waals surface area contributed by atoms with Crippen molar-refractivity contribution in [1.82, 2.24) is 9.80 Å². The van der Waals surface area contributed by atoms with E-state index in [-0.39, 0.29) is 19.0 Å². The molecule has 0 aromatic heterocycles. The Morgan fingerprint density at radius 1 is 1.11 bits per heavy atom. The highest BCUT2D eigenvalue weighted by atomic mass is 19.2. The molecule has 1 aromatic carbocycles. The van der Waals surface area contributed by atoms with Crippen molar-refractivity contribution in [3.8, 4) is 0 Å². The second-order valence-corrected chi connectivity index (χ2v) is 6.52. The van der Waals surface area contributed by atoms with Crippen LogP contribution < -0.4 is 5.32 Å². The van der Waals surface area contributed by atoms with Crippen molar-refractivity contribution in [3.63, 3.8) is 0 Å². The van der Waals surface area contributed by atoms with Gasteiger partial charge in [-0.3, -0.25) is 14.5 Å². The van der Waals surface area contributed by atoms with Gasteiger partial charge in [-0.1, -0.05) is 6.08 Å². The molecule has 1 aliphatic rings. The minimum absolute atomic E-state index is 0.0128. The number of nitrogens with one attached hydrogen (secondary N) is 1. The zero-order chi connectivity index (χ0) is 20.0. The first kappa shape index (κ1) is 21.0. The first-order chi connectivity index (χ1) is 12.8. The van der Waals surface area contributed by atoms with Crippen LogP contribution in [0.5, 0.6) is 0 Å². The molecular formula is C19H24F3N3O2. The molecule has 0 saturated carbocycles. The van der Waals surface area contributed by atoms with Crippen LogP contribution in [-0.4, -0.2) is 48.3 Å². The third-order valence-electron chi connectivity index (χ3n) is 4.36. The molecule has 0 saturated heterocycles. The number of hydrogen-bond donors (Lipinski definition) is 1. The summed E-state index contributed by atoms with van der Waals surface area (Å²) < 4.78 is 39.8. The van der Waals surface area contributed by atoms with Gasteiger partial charge in [-0.2, -0.15) is 0 Å². The van der Waals surface area contributed by atoms with Gasteiger partial charge in [-0.15, -0.1) is 0 Å². The van der Waals surface area contributed by atoms with Gasteiger partial charge in [0.05, 0.1) is 18.8 Å². The van der Waals surface area contributed by atoms with E-state index < -0.39 is 29.0 Å². The van der Waals surface area contributed by atoms with Gasteiger partial charge in [0.1, 0.15) is 0 Å². The SMILES string of the molecule is CCN(C(=O)CN(C)CC(=O)Nc1ccc(F)c(F)c1F)C1=CCCCC1. The van der Waals surface area contributed by atoms with Crippen molar-refractivity contribution in [1.29, 1.82) is 0 Å². The number of benzene rings is 1. The number of amides is 2. The predicted molar refractivity (Wildman–Crippen MR) is 96.4 cm³/mol. The number of likely N-dealkylation sites (N-methyl/N-ethyl adjacent to an activating group) is 2. The first-order valence-electron chi connectivity index (χ1n) is 8.94. The van der Waals surface area contributed by atoms with Crippen molar-refractivity contribution < 1.29 is 22.8 Å². The third-order valence-corrected chi connectivity index (χ3v) is 4.36. The van der Waals surface area contributed by atoms with E-state index in [1.165, 1.54) is 4.90 Å². The van der Waals surface area contributed by atoms with E-state index in [4.69, 9.17) is 0 Å². The molecule has 27 heavy (non-hydrogen) atoms. The van der Waals surface area contributed by atoms with Crippen LogP contribution in [0, 0.1) is 17.5 Å². The highest BCUT2D eigenvalue weighted by molar-refractivity contribution is 5.92. The van der Waals surface area contributed by atoms with Crippen molar-refractivity contribution in [2.24, 2.45) is 0 Å². The summed E-state index contributed by atoms with van der Waals surface area (Å²) in [6, 6.07) is 1.68. The van der Waals surface area contributed by atoms with E-state index in [2.05, 4.69) is 11.4 Å². The van der Waals surface area contributed by atoms with Gasteiger partial charge in [0.15, 0.2) is 17.5 Å². The van der Waals surface area contributed by atoms with Gasteiger partial charge in [0.25, 0.3) is 0 Å². The van der Waals surface area contributed by atoms with Gasteiger partial charge >= 0.3 is 0 Å². The fourth-order valence-corrected chi connectivity index (χ4v) is 3.04. The largest absolute Gasteiger partial charge is 0.322 e. The van der Waals surface area contributed by atoms with Gasteiger partial charge in [0, 0.05) is 12.2 Å². The number of allylic oxidation sites excluding steroid dienone is 2. The minimum atomic E-state index is -1.64. The first-order valence-corrected chi connectivity index (χ1v) is 8.94. The van der Waals surface area contributed by atoms with Crippen LogP contribution in [0.2, 0.25) is 0 Å². The van der Waals surface area contributed by atoms with Crippen LogP contribution in [-0.2, 0) is 9.59 Å². The van der Waals surface area contributed by atoms with Crippen molar-refractivity contribution in [3.05, 3.63) is 41.4 Å². The monoisotopic (exact) mass is 383 g/mol. The lowest BCUT2D eigenvalue weighted by Gasteiger charge is -2.28. The topological polar surface area (TPSA) is 52.7 Å². The summed E-state index contributed by atoms with van der Waals surface area (Å²) in [5, 5.41) is 2.19. The highest BCUT2D eigenvalue weighted by Gasteiger charge is 2.21. The molecule has 8 heteroatoms. The van der Waals surface area contributed by atoms with Crippen LogP contribution >= 0.6 is 0 Å². The summed E-state index contributed by atoms with van der Waals surface area (Å²) in [5.74, 6) is -5.18. The number of hydrogen-bond acceptors (Lipinski definition) is 3. The molecule has 1 aliphatic carbocycles. The summed E-state index contributed by atoms with van der Waals surface area (Å²) in [6.07, 6.45) is 6.06. The molecule has 0 atom stereocenters. The molecule has 0 aliphatic heterocycles. The molecule has 2 rings (SSSR count). The van der Waals surface area contributed by atoms with E-state index in [0.717, 1.165) is 43.5 Å². The number of nitrogens with zero attached hydrogens (tertiary/aromatic N) is 2. The molecular weight excluding hydrogens is 359 g/mol. The third kappa shape index (κ3) is 5.56. The smallest absolute Gasteiger partial charge is 0.240 e. The van der Waals surface area contributed by atoms with E-state index in [9.17, 15) is 22.8 Å². The highest BCUT2D eigenvalue weighted by Crippen LogP contribution is 2.21. The van der Waals surface area contributed by atoms with Crippen molar-refractivity contribution >= 4 is 17.5 Å². The number of anilines is 1. The molecule has 0 heterocycles. The van der Waals surface area contributed by atoms with E-state index in [1.54, 1.807) is 11.9 Å². The summed E-state index contributed by atoms with van der Waals surface area (Å²) in [5.41, 5.74) is 0.566. The van der Waals surface area contributed by atoms with Gasteiger partial charge in [-0.25, -0.2) is 13.2 Å². The van der Waals surface area contributed by atoms with Gasteiger partial charge in [-0.05, 0) is 51.8 Å². The lowest BCUT2D eigenvalue weighted by atomic mass is 10.0. The average Bonchev–Trinajstić information content (AvgIpc) is 2.63. The fraction of sp³-hybridized carbons (Fsp3) is 0.474. The molecule has 0 spiro atoms. The zero-order valence-corrected chi connectivity index (χ0v) is 15.5. The lowest BCUT2D eigenvalue weighted by molar-refractivity contribution is -0.130. The standard InChI is InChI=1S/C19H24F3N3O2/c1-3-25(13-7-5-4-6-8-13)17(27)12-24(2)11-16(26)23-15-10-9-14(20)18(21)19(15)22/h7,9-10H,3-6,8,11-12H2,1-2H3,(H,23,26). The van der Waals surface area contributed by atoms with Crippen LogP contribution in [0.25, 0.3) is 0 Å². The Morgan fingerprint density at radius 2 is 1.85 bits per heavy atom. The summed E-state index contributed by atoms with van der Waals surface area (Å²) in [7, 11) is 1.59.